The Balaban J connectivity index is 2.46. The van der Waals surface area contributed by atoms with E-state index in [-0.39, 0.29) is 24.1 Å². The van der Waals surface area contributed by atoms with Gasteiger partial charge in [0, 0.05) is 12.6 Å². The lowest BCUT2D eigenvalue weighted by Gasteiger charge is -2.14. The summed E-state index contributed by atoms with van der Waals surface area (Å²) in [6.07, 6.45) is 2.47. The molecule has 0 spiro atoms. The number of amides is 1. The first-order valence-corrected chi connectivity index (χ1v) is 8.87. The van der Waals surface area contributed by atoms with E-state index >= 15 is 0 Å². The van der Waals surface area contributed by atoms with Gasteiger partial charge in [0.25, 0.3) is 5.56 Å². The third-order valence-corrected chi connectivity index (χ3v) is 4.78. The van der Waals surface area contributed by atoms with Gasteiger partial charge in [0.2, 0.25) is 5.91 Å². The quantitative estimate of drug-likeness (QED) is 0.839. The van der Waals surface area contributed by atoms with Gasteiger partial charge in [-0.2, -0.15) is 0 Å². The van der Waals surface area contributed by atoms with Gasteiger partial charge in [0.05, 0.1) is 5.52 Å². The Labute approximate surface area is 138 Å². The second-order valence-electron chi connectivity index (χ2n) is 5.69. The van der Waals surface area contributed by atoms with Crippen LogP contribution in [0, 0.1) is 0 Å². The molecule has 0 bridgehead atoms. The van der Waals surface area contributed by atoms with Crippen molar-refractivity contribution < 1.29 is 4.79 Å². The molecule has 6 nitrogen and oxygen atoms in total. The van der Waals surface area contributed by atoms with Crippen molar-refractivity contribution in [2.45, 2.75) is 59.2 Å². The number of hydrogen-bond donors (Lipinski definition) is 1. The highest BCUT2D eigenvalue weighted by molar-refractivity contribution is 7.17. The molecule has 0 aromatic carbocycles. The van der Waals surface area contributed by atoms with Crippen molar-refractivity contribution in [2.75, 3.05) is 0 Å². The van der Waals surface area contributed by atoms with Crippen LogP contribution in [0.15, 0.2) is 21.0 Å². The van der Waals surface area contributed by atoms with Crippen LogP contribution in [-0.4, -0.2) is 21.1 Å². The van der Waals surface area contributed by atoms with Gasteiger partial charge in [-0.1, -0.05) is 20.3 Å². The van der Waals surface area contributed by atoms with Crippen LogP contribution in [0.1, 0.15) is 40.0 Å². The third-order valence-electron chi connectivity index (χ3n) is 3.89. The van der Waals surface area contributed by atoms with Crippen LogP contribution < -0.4 is 16.6 Å². The third kappa shape index (κ3) is 3.72. The molecule has 126 valence electrons. The zero-order valence-corrected chi connectivity index (χ0v) is 14.6. The van der Waals surface area contributed by atoms with Crippen LogP contribution in [0.25, 0.3) is 10.2 Å². The molecule has 0 aliphatic rings. The Morgan fingerprint density at radius 1 is 1.30 bits per heavy atom. The van der Waals surface area contributed by atoms with Gasteiger partial charge in [-0.15, -0.1) is 11.3 Å². The maximum Gasteiger partial charge on any atom is 0.332 e. The van der Waals surface area contributed by atoms with E-state index in [1.165, 1.54) is 20.5 Å². The van der Waals surface area contributed by atoms with Crippen LogP contribution in [0.5, 0.6) is 0 Å². The molecule has 2 aromatic heterocycles. The number of nitrogens with one attached hydrogen (secondary N) is 1. The number of thiophene rings is 1. The van der Waals surface area contributed by atoms with Gasteiger partial charge in [-0.05, 0) is 31.2 Å². The number of hydrogen-bond acceptors (Lipinski definition) is 4. The number of nitrogens with zero attached hydrogens (tertiary/aromatic N) is 2. The Hall–Kier alpha value is -1.89. The molecule has 0 fully saturated rings. The van der Waals surface area contributed by atoms with Crippen molar-refractivity contribution in [1.82, 2.24) is 14.5 Å². The van der Waals surface area contributed by atoms with E-state index in [0.717, 1.165) is 19.3 Å². The van der Waals surface area contributed by atoms with E-state index < -0.39 is 5.69 Å². The van der Waals surface area contributed by atoms with E-state index in [0.29, 0.717) is 16.8 Å². The summed E-state index contributed by atoms with van der Waals surface area (Å²) in [6, 6.07) is 1.78. The maximum absolute atomic E-state index is 12.6. The standard InChI is InChI=1S/C16H23N3O3S/c1-4-6-8-18-15(21)14-12(7-9-23-14)19(16(18)22)10-13(20)17-11(3)5-2/h7,9,11H,4-6,8,10H2,1-3H3,(H,17,20). The molecule has 0 saturated heterocycles. The highest BCUT2D eigenvalue weighted by Crippen LogP contribution is 2.15. The molecule has 2 heterocycles. The van der Waals surface area contributed by atoms with Crippen LogP contribution in [0.4, 0.5) is 0 Å². The summed E-state index contributed by atoms with van der Waals surface area (Å²) >= 11 is 1.31. The second-order valence-corrected chi connectivity index (χ2v) is 6.61. The lowest BCUT2D eigenvalue weighted by molar-refractivity contribution is -0.122. The normalized spacial score (nSPS) is 12.5. The Kier molecular flexibility index (Phi) is 5.76. The number of unbranched alkanes of at least 4 members (excludes halogenated alkanes) is 1. The average Bonchev–Trinajstić information content (AvgIpc) is 3.01. The lowest BCUT2D eigenvalue weighted by atomic mass is 10.2. The van der Waals surface area contributed by atoms with Gasteiger partial charge in [0.15, 0.2) is 0 Å². The van der Waals surface area contributed by atoms with Crippen molar-refractivity contribution in [3.05, 3.63) is 32.3 Å². The molecule has 1 atom stereocenters. The van der Waals surface area contributed by atoms with Gasteiger partial charge in [-0.25, -0.2) is 4.79 Å². The molecule has 2 aromatic rings. The Morgan fingerprint density at radius 2 is 2.04 bits per heavy atom. The minimum atomic E-state index is -0.409. The molecule has 0 aliphatic heterocycles. The fraction of sp³-hybridized carbons (Fsp3) is 0.562. The Bertz CT molecular complexity index is 803. The average molecular weight is 337 g/mol. The summed E-state index contributed by atoms with van der Waals surface area (Å²) in [5.74, 6) is -0.213. The van der Waals surface area contributed by atoms with E-state index in [2.05, 4.69) is 5.32 Å². The number of rotatable bonds is 7. The summed E-state index contributed by atoms with van der Waals surface area (Å²) in [4.78, 5) is 37.2. The number of aromatic nitrogens is 2. The zero-order chi connectivity index (χ0) is 17.0. The Morgan fingerprint density at radius 3 is 2.70 bits per heavy atom. The first-order chi connectivity index (χ1) is 11.0. The summed E-state index contributed by atoms with van der Waals surface area (Å²) in [6.45, 7) is 6.23. The SMILES string of the molecule is CCCCn1c(=O)c2sccc2n(CC(=O)NC(C)CC)c1=O. The smallest absolute Gasteiger partial charge is 0.332 e. The first kappa shape index (κ1) is 17.5. The monoisotopic (exact) mass is 337 g/mol. The first-order valence-electron chi connectivity index (χ1n) is 7.99. The summed E-state index contributed by atoms with van der Waals surface area (Å²) in [5, 5.41) is 4.63. The van der Waals surface area contributed by atoms with Crippen molar-refractivity contribution in [3.8, 4) is 0 Å². The summed E-state index contributed by atoms with van der Waals surface area (Å²) < 4.78 is 3.18. The molecule has 7 heteroatoms. The maximum atomic E-state index is 12.6. The predicted molar refractivity (Wildman–Crippen MR) is 93.1 cm³/mol. The van der Waals surface area contributed by atoms with Gasteiger partial charge in [0.1, 0.15) is 11.2 Å². The second kappa shape index (κ2) is 7.59. The van der Waals surface area contributed by atoms with Gasteiger partial charge >= 0.3 is 5.69 Å². The minimum Gasteiger partial charge on any atom is -0.352 e. The largest absolute Gasteiger partial charge is 0.352 e. The van der Waals surface area contributed by atoms with E-state index in [9.17, 15) is 14.4 Å². The number of fused-ring (bicyclic) bond motifs is 1. The molecular formula is C16H23N3O3S. The molecule has 0 aliphatic carbocycles. The van der Waals surface area contributed by atoms with Crippen molar-refractivity contribution >= 4 is 27.5 Å². The van der Waals surface area contributed by atoms with Crippen LogP contribution >= 0.6 is 11.3 Å². The topological polar surface area (TPSA) is 73.1 Å². The number of carbonyl (C=O) groups is 1. The molecule has 2 rings (SSSR count). The molecule has 0 radical (unpaired) electrons. The highest BCUT2D eigenvalue weighted by atomic mass is 32.1. The molecule has 1 unspecified atom stereocenters. The van der Waals surface area contributed by atoms with Gasteiger partial charge < -0.3 is 5.32 Å². The molecule has 1 N–H and O–H groups in total. The lowest BCUT2D eigenvalue weighted by Crippen LogP contribution is -2.43. The molecule has 0 saturated carbocycles. The predicted octanol–water partition coefficient (Wildman–Crippen LogP) is 1.94. The fourth-order valence-corrected chi connectivity index (χ4v) is 3.21. The van der Waals surface area contributed by atoms with Gasteiger partial charge in [-0.3, -0.25) is 18.7 Å². The fourth-order valence-electron chi connectivity index (χ4n) is 2.37. The zero-order valence-electron chi connectivity index (χ0n) is 13.8. The van der Waals surface area contributed by atoms with Crippen molar-refractivity contribution in [2.24, 2.45) is 0 Å². The summed E-state index contributed by atoms with van der Waals surface area (Å²) in [5.41, 5.74) is -0.127. The van der Waals surface area contributed by atoms with Crippen LogP contribution in [0.2, 0.25) is 0 Å². The van der Waals surface area contributed by atoms with Crippen molar-refractivity contribution in [1.29, 1.82) is 0 Å². The van der Waals surface area contributed by atoms with Crippen LogP contribution in [-0.2, 0) is 17.9 Å². The highest BCUT2D eigenvalue weighted by Gasteiger charge is 2.16. The molecule has 23 heavy (non-hydrogen) atoms. The number of carbonyl (C=O) groups excluding carboxylic acids is 1. The van der Waals surface area contributed by atoms with E-state index in [4.69, 9.17) is 0 Å². The van der Waals surface area contributed by atoms with Crippen molar-refractivity contribution in [3.63, 3.8) is 0 Å². The molecule has 1 amide bonds. The molecular weight excluding hydrogens is 314 g/mol. The van der Waals surface area contributed by atoms with E-state index in [1.807, 2.05) is 20.8 Å². The summed E-state index contributed by atoms with van der Waals surface area (Å²) in [7, 11) is 0. The van der Waals surface area contributed by atoms with E-state index in [1.54, 1.807) is 11.4 Å². The van der Waals surface area contributed by atoms with Crippen LogP contribution in [0.3, 0.4) is 0 Å². The minimum absolute atomic E-state index is 0.0576.